The maximum atomic E-state index is 5.46. The van der Waals surface area contributed by atoms with Gasteiger partial charge in [0, 0.05) is 37.1 Å². The number of nitrogens with zero attached hydrogens (tertiary/aromatic N) is 2. The van der Waals surface area contributed by atoms with Gasteiger partial charge in [-0.05, 0) is 31.2 Å². The molecule has 20 heavy (non-hydrogen) atoms. The van der Waals surface area contributed by atoms with E-state index in [1.165, 1.54) is 0 Å². The highest BCUT2D eigenvalue weighted by Crippen LogP contribution is 2.28. The van der Waals surface area contributed by atoms with Gasteiger partial charge in [0.05, 0.1) is 12.3 Å². The third kappa shape index (κ3) is 2.94. The topological polar surface area (TPSA) is 37.4 Å². The molecule has 0 amide bonds. The lowest BCUT2D eigenvalue weighted by molar-refractivity contribution is 0.340. The second kappa shape index (κ2) is 6.24. The van der Waals surface area contributed by atoms with Crippen molar-refractivity contribution in [3.63, 3.8) is 0 Å². The summed E-state index contributed by atoms with van der Waals surface area (Å²) in [5.74, 6) is 0.911. The molecule has 0 aliphatic carbocycles. The Morgan fingerprint density at radius 1 is 1.25 bits per heavy atom. The second-order valence-electron chi connectivity index (χ2n) is 4.71. The van der Waals surface area contributed by atoms with E-state index in [1.807, 2.05) is 19.1 Å². The van der Waals surface area contributed by atoms with Crippen LogP contribution in [0.2, 0.25) is 0 Å². The maximum absolute atomic E-state index is 5.46. The summed E-state index contributed by atoms with van der Waals surface area (Å²) in [7, 11) is 0. The number of aromatic nitrogens is 1. The first-order chi connectivity index (χ1) is 9.86. The molecule has 1 saturated heterocycles. The Morgan fingerprint density at radius 3 is 2.70 bits per heavy atom. The summed E-state index contributed by atoms with van der Waals surface area (Å²) in [5.41, 5.74) is 2.19. The van der Waals surface area contributed by atoms with Crippen LogP contribution in [0.5, 0.6) is 5.75 Å². The van der Waals surface area contributed by atoms with Crippen molar-refractivity contribution in [2.24, 2.45) is 0 Å². The Bertz CT molecular complexity index is 547. The van der Waals surface area contributed by atoms with E-state index in [0.717, 1.165) is 48.3 Å². The summed E-state index contributed by atoms with van der Waals surface area (Å²) in [6, 6.07) is 8.15. The average Bonchev–Trinajstić information content (AvgIpc) is 2.99. The van der Waals surface area contributed by atoms with Crippen LogP contribution in [0, 0.1) is 0 Å². The number of hydrogen-bond donors (Lipinski definition) is 1. The smallest absolute Gasteiger partial charge is 0.185 e. The molecule has 0 spiro atoms. The van der Waals surface area contributed by atoms with Gasteiger partial charge in [0.25, 0.3) is 0 Å². The van der Waals surface area contributed by atoms with E-state index in [1.54, 1.807) is 11.3 Å². The van der Waals surface area contributed by atoms with Gasteiger partial charge in [0.15, 0.2) is 5.13 Å². The lowest BCUT2D eigenvalue weighted by Gasteiger charge is -2.26. The molecule has 1 fully saturated rings. The molecule has 2 aromatic rings. The van der Waals surface area contributed by atoms with Crippen molar-refractivity contribution in [3.05, 3.63) is 29.6 Å². The van der Waals surface area contributed by atoms with E-state index in [-0.39, 0.29) is 0 Å². The van der Waals surface area contributed by atoms with Gasteiger partial charge >= 0.3 is 0 Å². The lowest BCUT2D eigenvalue weighted by Crippen LogP contribution is -2.43. The van der Waals surface area contributed by atoms with E-state index < -0.39 is 0 Å². The zero-order chi connectivity index (χ0) is 13.8. The van der Waals surface area contributed by atoms with Crippen molar-refractivity contribution in [1.82, 2.24) is 10.3 Å². The maximum Gasteiger partial charge on any atom is 0.185 e. The molecule has 0 atom stereocenters. The molecule has 0 unspecified atom stereocenters. The summed E-state index contributed by atoms with van der Waals surface area (Å²) in [4.78, 5) is 7.10. The minimum Gasteiger partial charge on any atom is -0.494 e. The van der Waals surface area contributed by atoms with E-state index in [4.69, 9.17) is 9.72 Å². The van der Waals surface area contributed by atoms with Crippen LogP contribution in [0.25, 0.3) is 11.3 Å². The van der Waals surface area contributed by atoms with Crippen LogP contribution in [0.4, 0.5) is 5.13 Å². The monoisotopic (exact) mass is 289 g/mol. The molecule has 2 heterocycles. The summed E-state index contributed by atoms with van der Waals surface area (Å²) in [6.07, 6.45) is 0. The van der Waals surface area contributed by atoms with Gasteiger partial charge in [-0.25, -0.2) is 4.98 Å². The molecule has 1 aliphatic rings. The van der Waals surface area contributed by atoms with Gasteiger partial charge in [-0.2, -0.15) is 0 Å². The van der Waals surface area contributed by atoms with Crippen LogP contribution < -0.4 is 15.0 Å². The molecule has 0 bridgehead atoms. The zero-order valence-electron chi connectivity index (χ0n) is 11.6. The number of hydrogen-bond acceptors (Lipinski definition) is 5. The molecule has 4 nitrogen and oxygen atoms in total. The molecular weight excluding hydrogens is 270 g/mol. The van der Waals surface area contributed by atoms with Crippen molar-refractivity contribution in [3.8, 4) is 17.0 Å². The molecule has 1 aromatic carbocycles. The Hall–Kier alpha value is -1.59. The fourth-order valence-corrected chi connectivity index (χ4v) is 3.18. The van der Waals surface area contributed by atoms with Crippen molar-refractivity contribution < 1.29 is 4.74 Å². The van der Waals surface area contributed by atoms with Crippen LogP contribution in [-0.2, 0) is 0 Å². The number of benzene rings is 1. The fraction of sp³-hybridized carbons (Fsp3) is 0.400. The number of nitrogens with one attached hydrogen (secondary N) is 1. The minimum absolute atomic E-state index is 0.698. The highest BCUT2D eigenvalue weighted by Gasteiger charge is 2.14. The van der Waals surface area contributed by atoms with Gasteiger partial charge in [0.2, 0.25) is 0 Å². The van der Waals surface area contributed by atoms with Crippen LogP contribution in [0.15, 0.2) is 29.6 Å². The Labute approximate surface area is 123 Å². The molecule has 3 rings (SSSR count). The summed E-state index contributed by atoms with van der Waals surface area (Å²) in [6.45, 7) is 6.85. The Kier molecular flexibility index (Phi) is 4.18. The fourth-order valence-electron chi connectivity index (χ4n) is 2.29. The highest BCUT2D eigenvalue weighted by molar-refractivity contribution is 7.14. The Morgan fingerprint density at radius 2 is 2.00 bits per heavy atom. The van der Waals surface area contributed by atoms with Crippen LogP contribution >= 0.6 is 11.3 Å². The number of anilines is 1. The van der Waals surface area contributed by atoms with Gasteiger partial charge in [0.1, 0.15) is 5.75 Å². The quantitative estimate of drug-likeness (QED) is 0.939. The average molecular weight is 289 g/mol. The van der Waals surface area contributed by atoms with Gasteiger partial charge in [-0.1, -0.05) is 0 Å². The summed E-state index contributed by atoms with van der Waals surface area (Å²) in [5, 5.41) is 6.62. The first-order valence-corrected chi connectivity index (χ1v) is 7.89. The predicted molar refractivity (Wildman–Crippen MR) is 83.8 cm³/mol. The third-order valence-corrected chi connectivity index (χ3v) is 4.24. The minimum atomic E-state index is 0.698. The van der Waals surface area contributed by atoms with Gasteiger partial charge in [-0.3, -0.25) is 0 Å². The van der Waals surface area contributed by atoms with E-state index >= 15 is 0 Å². The summed E-state index contributed by atoms with van der Waals surface area (Å²) >= 11 is 1.72. The van der Waals surface area contributed by atoms with Crippen molar-refractivity contribution in [2.75, 3.05) is 37.7 Å². The van der Waals surface area contributed by atoms with Crippen molar-refractivity contribution in [1.29, 1.82) is 0 Å². The molecule has 5 heteroatoms. The molecule has 0 saturated carbocycles. The van der Waals surface area contributed by atoms with Gasteiger partial charge in [-0.15, -0.1) is 11.3 Å². The Balaban J connectivity index is 1.75. The van der Waals surface area contributed by atoms with E-state index in [2.05, 4.69) is 27.7 Å². The lowest BCUT2D eigenvalue weighted by atomic mass is 10.2. The molecule has 0 radical (unpaired) electrons. The predicted octanol–water partition coefficient (Wildman–Crippen LogP) is 2.62. The van der Waals surface area contributed by atoms with Crippen LogP contribution in [0.3, 0.4) is 0 Å². The number of rotatable bonds is 4. The number of thiazole rings is 1. The van der Waals surface area contributed by atoms with Crippen LogP contribution in [0.1, 0.15) is 6.92 Å². The second-order valence-corrected chi connectivity index (χ2v) is 5.55. The molecule has 106 valence electrons. The number of piperazine rings is 1. The number of ether oxygens (including phenoxy) is 1. The first kappa shape index (κ1) is 13.4. The summed E-state index contributed by atoms with van der Waals surface area (Å²) < 4.78 is 5.46. The van der Waals surface area contributed by atoms with Crippen molar-refractivity contribution in [2.45, 2.75) is 6.92 Å². The standard InChI is InChI=1S/C15H19N3OS/c1-2-19-13-5-3-12(4-6-13)14-11-20-15(17-14)18-9-7-16-8-10-18/h3-6,11,16H,2,7-10H2,1H3. The largest absolute Gasteiger partial charge is 0.494 e. The SMILES string of the molecule is CCOc1ccc(-c2csc(N3CCNCC3)n2)cc1. The molecule has 1 aliphatic heterocycles. The van der Waals surface area contributed by atoms with Crippen LogP contribution in [-0.4, -0.2) is 37.8 Å². The molecular formula is C15H19N3OS. The zero-order valence-corrected chi connectivity index (χ0v) is 12.4. The highest BCUT2D eigenvalue weighted by atomic mass is 32.1. The van der Waals surface area contributed by atoms with Crippen molar-refractivity contribution >= 4 is 16.5 Å². The first-order valence-electron chi connectivity index (χ1n) is 7.01. The normalized spacial score (nSPS) is 15.3. The molecule has 1 N–H and O–H groups in total. The molecule has 1 aromatic heterocycles. The van der Waals surface area contributed by atoms with E-state index in [0.29, 0.717) is 6.61 Å². The third-order valence-electron chi connectivity index (χ3n) is 3.34. The van der Waals surface area contributed by atoms with E-state index in [9.17, 15) is 0 Å². The van der Waals surface area contributed by atoms with Gasteiger partial charge < -0.3 is 15.0 Å².